The molecule has 0 bridgehead atoms. The van der Waals surface area contributed by atoms with Gasteiger partial charge < -0.3 is 9.73 Å². The monoisotopic (exact) mass is 221 g/mol. The minimum atomic E-state index is -0.0939. The number of nitrogens with one attached hydrogen (secondary N) is 1. The SMILES string of the molecule is CC1CCC(CNC(=O)c2ccco2)CC1. The zero-order valence-corrected chi connectivity index (χ0v) is 9.74. The summed E-state index contributed by atoms with van der Waals surface area (Å²) in [5.74, 6) is 1.82. The van der Waals surface area contributed by atoms with Crippen molar-refractivity contribution in [3.05, 3.63) is 24.2 Å². The number of amides is 1. The highest BCUT2D eigenvalue weighted by Gasteiger charge is 2.19. The van der Waals surface area contributed by atoms with Crippen LogP contribution < -0.4 is 5.32 Å². The first-order valence-electron chi connectivity index (χ1n) is 6.07. The van der Waals surface area contributed by atoms with Gasteiger partial charge in [0.2, 0.25) is 0 Å². The first kappa shape index (κ1) is 11.2. The van der Waals surface area contributed by atoms with E-state index in [2.05, 4.69) is 12.2 Å². The van der Waals surface area contributed by atoms with Crippen LogP contribution in [0.1, 0.15) is 43.2 Å². The average Bonchev–Trinajstić information content (AvgIpc) is 2.81. The summed E-state index contributed by atoms with van der Waals surface area (Å²) in [7, 11) is 0. The van der Waals surface area contributed by atoms with Crippen LogP contribution in [0.4, 0.5) is 0 Å². The van der Waals surface area contributed by atoms with Crippen molar-refractivity contribution in [2.24, 2.45) is 11.8 Å². The Morgan fingerprint density at radius 3 is 2.81 bits per heavy atom. The number of furan rings is 1. The molecule has 1 aliphatic carbocycles. The molecule has 1 heterocycles. The van der Waals surface area contributed by atoms with Crippen LogP contribution in [0.25, 0.3) is 0 Å². The standard InChI is InChI=1S/C13H19NO2/c1-10-4-6-11(7-5-10)9-14-13(15)12-3-2-8-16-12/h2-3,8,10-11H,4-7,9H2,1H3,(H,14,15). The predicted molar refractivity (Wildman–Crippen MR) is 62.2 cm³/mol. The molecule has 1 aromatic rings. The van der Waals surface area contributed by atoms with Gasteiger partial charge >= 0.3 is 0 Å². The van der Waals surface area contributed by atoms with Crippen LogP contribution >= 0.6 is 0 Å². The smallest absolute Gasteiger partial charge is 0.286 e. The van der Waals surface area contributed by atoms with Gasteiger partial charge in [0.05, 0.1) is 6.26 Å². The lowest BCUT2D eigenvalue weighted by molar-refractivity contribution is 0.0914. The fourth-order valence-electron chi connectivity index (χ4n) is 2.27. The molecular weight excluding hydrogens is 202 g/mol. The molecule has 2 rings (SSSR count). The van der Waals surface area contributed by atoms with Gasteiger partial charge in [-0.1, -0.05) is 19.8 Å². The maximum absolute atomic E-state index is 11.6. The number of carbonyl (C=O) groups excluding carboxylic acids is 1. The highest BCUT2D eigenvalue weighted by atomic mass is 16.3. The summed E-state index contributed by atoms with van der Waals surface area (Å²) in [6.45, 7) is 3.09. The predicted octanol–water partition coefficient (Wildman–Crippen LogP) is 2.84. The van der Waals surface area contributed by atoms with Crippen molar-refractivity contribution >= 4 is 5.91 Å². The largest absolute Gasteiger partial charge is 0.459 e. The maximum Gasteiger partial charge on any atom is 0.286 e. The minimum Gasteiger partial charge on any atom is -0.459 e. The van der Waals surface area contributed by atoms with Crippen molar-refractivity contribution in [2.45, 2.75) is 32.6 Å². The van der Waals surface area contributed by atoms with Gasteiger partial charge in [-0.15, -0.1) is 0 Å². The van der Waals surface area contributed by atoms with Crippen LogP contribution in [-0.2, 0) is 0 Å². The molecule has 1 N–H and O–H groups in total. The molecule has 0 unspecified atom stereocenters. The minimum absolute atomic E-state index is 0.0939. The summed E-state index contributed by atoms with van der Waals surface area (Å²) in [6.07, 6.45) is 6.58. The van der Waals surface area contributed by atoms with Crippen LogP contribution in [0.5, 0.6) is 0 Å². The fourth-order valence-corrected chi connectivity index (χ4v) is 2.27. The Labute approximate surface area is 96.2 Å². The molecule has 3 heteroatoms. The van der Waals surface area contributed by atoms with Gasteiger partial charge in [0.25, 0.3) is 5.91 Å². The quantitative estimate of drug-likeness (QED) is 0.852. The van der Waals surface area contributed by atoms with Gasteiger partial charge in [0, 0.05) is 6.54 Å². The Kier molecular flexibility index (Phi) is 3.65. The second-order valence-corrected chi connectivity index (χ2v) is 4.81. The molecule has 3 nitrogen and oxygen atoms in total. The van der Waals surface area contributed by atoms with E-state index >= 15 is 0 Å². The van der Waals surface area contributed by atoms with Crippen molar-refractivity contribution < 1.29 is 9.21 Å². The van der Waals surface area contributed by atoms with E-state index in [0.29, 0.717) is 11.7 Å². The molecule has 0 radical (unpaired) electrons. The van der Waals surface area contributed by atoms with E-state index in [0.717, 1.165) is 12.5 Å². The Morgan fingerprint density at radius 1 is 1.44 bits per heavy atom. The molecule has 0 aliphatic heterocycles. The van der Waals surface area contributed by atoms with E-state index < -0.39 is 0 Å². The lowest BCUT2D eigenvalue weighted by Gasteiger charge is -2.26. The van der Waals surface area contributed by atoms with Gasteiger partial charge in [-0.25, -0.2) is 0 Å². The maximum atomic E-state index is 11.6. The number of hydrogen-bond donors (Lipinski definition) is 1. The van der Waals surface area contributed by atoms with Crippen LogP contribution in [-0.4, -0.2) is 12.5 Å². The summed E-state index contributed by atoms with van der Waals surface area (Å²) in [4.78, 5) is 11.6. The van der Waals surface area contributed by atoms with Gasteiger partial charge in [0.1, 0.15) is 0 Å². The number of hydrogen-bond acceptors (Lipinski definition) is 2. The first-order valence-corrected chi connectivity index (χ1v) is 6.07. The van der Waals surface area contributed by atoms with Crippen molar-refractivity contribution in [2.75, 3.05) is 6.54 Å². The topological polar surface area (TPSA) is 42.2 Å². The molecule has 1 amide bonds. The van der Waals surface area contributed by atoms with Crippen LogP contribution in [0.3, 0.4) is 0 Å². The normalized spacial score (nSPS) is 25.3. The number of rotatable bonds is 3. The van der Waals surface area contributed by atoms with Crippen molar-refractivity contribution in [1.82, 2.24) is 5.32 Å². The third kappa shape index (κ3) is 2.87. The molecule has 0 atom stereocenters. The highest BCUT2D eigenvalue weighted by molar-refractivity contribution is 5.91. The summed E-state index contributed by atoms with van der Waals surface area (Å²) >= 11 is 0. The molecule has 0 saturated heterocycles. The second-order valence-electron chi connectivity index (χ2n) is 4.81. The second kappa shape index (κ2) is 5.19. The Bertz CT molecular complexity index is 324. The third-order valence-electron chi connectivity index (χ3n) is 3.43. The molecule has 1 aromatic heterocycles. The molecule has 1 fully saturated rings. The first-order chi connectivity index (χ1) is 7.75. The summed E-state index contributed by atoms with van der Waals surface area (Å²) in [5.41, 5.74) is 0. The zero-order chi connectivity index (χ0) is 11.4. The molecule has 1 aliphatic rings. The lowest BCUT2D eigenvalue weighted by atomic mass is 9.83. The zero-order valence-electron chi connectivity index (χ0n) is 9.74. The fraction of sp³-hybridized carbons (Fsp3) is 0.615. The van der Waals surface area contributed by atoms with Gasteiger partial charge in [-0.2, -0.15) is 0 Å². The lowest BCUT2D eigenvalue weighted by Crippen LogP contribution is -2.30. The molecule has 88 valence electrons. The molecule has 0 spiro atoms. The van der Waals surface area contributed by atoms with Crippen molar-refractivity contribution in [1.29, 1.82) is 0 Å². The summed E-state index contributed by atoms with van der Waals surface area (Å²) in [5, 5.41) is 2.94. The number of carbonyl (C=O) groups is 1. The van der Waals surface area contributed by atoms with Gasteiger partial charge in [-0.3, -0.25) is 4.79 Å². The van der Waals surface area contributed by atoms with Crippen LogP contribution in [0.2, 0.25) is 0 Å². The van der Waals surface area contributed by atoms with E-state index in [1.807, 2.05) is 0 Å². The van der Waals surface area contributed by atoms with E-state index in [1.54, 1.807) is 12.1 Å². The van der Waals surface area contributed by atoms with Crippen LogP contribution in [0, 0.1) is 11.8 Å². The Hall–Kier alpha value is -1.25. The van der Waals surface area contributed by atoms with Crippen molar-refractivity contribution in [3.8, 4) is 0 Å². The average molecular weight is 221 g/mol. The van der Waals surface area contributed by atoms with E-state index in [4.69, 9.17) is 4.42 Å². The van der Waals surface area contributed by atoms with E-state index in [-0.39, 0.29) is 5.91 Å². The van der Waals surface area contributed by atoms with Crippen LogP contribution in [0.15, 0.2) is 22.8 Å². The third-order valence-corrected chi connectivity index (χ3v) is 3.43. The van der Waals surface area contributed by atoms with Crippen molar-refractivity contribution in [3.63, 3.8) is 0 Å². The molecule has 1 saturated carbocycles. The molecular formula is C13H19NO2. The summed E-state index contributed by atoms with van der Waals surface area (Å²) in [6, 6.07) is 3.43. The molecule has 16 heavy (non-hydrogen) atoms. The molecule has 0 aromatic carbocycles. The van der Waals surface area contributed by atoms with E-state index in [1.165, 1.54) is 31.9 Å². The Balaban J connectivity index is 1.73. The summed E-state index contributed by atoms with van der Waals surface area (Å²) < 4.78 is 5.04. The Morgan fingerprint density at radius 2 is 2.19 bits per heavy atom. The van der Waals surface area contributed by atoms with Gasteiger partial charge in [0.15, 0.2) is 5.76 Å². The highest BCUT2D eigenvalue weighted by Crippen LogP contribution is 2.27. The van der Waals surface area contributed by atoms with Gasteiger partial charge in [-0.05, 0) is 36.8 Å². The van der Waals surface area contributed by atoms with E-state index in [9.17, 15) is 4.79 Å².